The van der Waals surface area contributed by atoms with Gasteiger partial charge in [0.15, 0.2) is 0 Å². The van der Waals surface area contributed by atoms with E-state index in [1.54, 1.807) is 12.1 Å². The van der Waals surface area contributed by atoms with Crippen LogP contribution in [0.5, 0.6) is 0 Å². The molecule has 0 amide bonds. The SMILES string of the molecule is O=S(=O)(c1cccc(Cl)c1)N1CCC[C@H]1CO. The first-order valence-corrected chi connectivity index (χ1v) is 7.26. The molecule has 4 nitrogen and oxygen atoms in total. The summed E-state index contributed by atoms with van der Waals surface area (Å²) >= 11 is 5.80. The standard InChI is InChI=1S/C11H14ClNO3S/c12-9-3-1-5-11(7-9)17(15,16)13-6-2-4-10(13)8-14/h1,3,5,7,10,14H,2,4,6,8H2/t10-/m0/s1. The lowest BCUT2D eigenvalue weighted by molar-refractivity contribution is 0.213. The molecule has 94 valence electrons. The number of hydrogen-bond acceptors (Lipinski definition) is 3. The van der Waals surface area contributed by atoms with Gasteiger partial charge < -0.3 is 5.11 Å². The fraction of sp³-hybridized carbons (Fsp3) is 0.455. The first-order valence-electron chi connectivity index (χ1n) is 5.44. The van der Waals surface area contributed by atoms with Crippen molar-refractivity contribution in [2.24, 2.45) is 0 Å². The Bertz CT molecular complexity index is 503. The van der Waals surface area contributed by atoms with E-state index in [-0.39, 0.29) is 17.5 Å². The first kappa shape index (κ1) is 12.8. The zero-order valence-corrected chi connectivity index (χ0v) is 10.8. The predicted molar refractivity (Wildman–Crippen MR) is 65.5 cm³/mol. The molecule has 0 aromatic heterocycles. The maximum Gasteiger partial charge on any atom is 0.243 e. The number of aliphatic hydroxyl groups is 1. The second kappa shape index (κ2) is 4.94. The van der Waals surface area contributed by atoms with E-state index < -0.39 is 10.0 Å². The summed E-state index contributed by atoms with van der Waals surface area (Å²) in [6.07, 6.45) is 1.49. The van der Waals surface area contributed by atoms with Crippen molar-refractivity contribution in [3.8, 4) is 0 Å². The number of benzene rings is 1. The Morgan fingerprint density at radius 3 is 2.88 bits per heavy atom. The number of hydrogen-bond donors (Lipinski definition) is 1. The molecule has 0 radical (unpaired) electrons. The van der Waals surface area contributed by atoms with Gasteiger partial charge in [-0.15, -0.1) is 0 Å². The van der Waals surface area contributed by atoms with Crippen molar-refractivity contribution in [3.63, 3.8) is 0 Å². The van der Waals surface area contributed by atoms with Crippen molar-refractivity contribution in [2.45, 2.75) is 23.8 Å². The Hall–Kier alpha value is -0.620. The molecule has 17 heavy (non-hydrogen) atoms. The van der Waals surface area contributed by atoms with Crippen LogP contribution in [0.15, 0.2) is 29.2 Å². The van der Waals surface area contributed by atoms with Gasteiger partial charge in [0, 0.05) is 17.6 Å². The molecule has 0 aliphatic carbocycles. The summed E-state index contributed by atoms with van der Waals surface area (Å²) in [5.74, 6) is 0. The molecule has 0 spiro atoms. The maximum atomic E-state index is 12.3. The van der Waals surface area contributed by atoms with Crippen molar-refractivity contribution in [1.82, 2.24) is 4.31 Å². The monoisotopic (exact) mass is 275 g/mol. The van der Waals surface area contributed by atoms with Crippen LogP contribution in [0, 0.1) is 0 Å². The van der Waals surface area contributed by atoms with Gasteiger partial charge in [0.25, 0.3) is 0 Å². The van der Waals surface area contributed by atoms with E-state index in [1.165, 1.54) is 16.4 Å². The normalized spacial score (nSPS) is 21.9. The highest BCUT2D eigenvalue weighted by Crippen LogP contribution is 2.26. The number of nitrogens with zero attached hydrogens (tertiary/aromatic N) is 1. The van der Waals surface area contributed by atoms with Crippen LogP contribution in [0.3, 0.4) is 0 Å². The summed E-state index contributed by atoms with van der Waals surface area (Å²) in [7, 11) is -3.53. The minimum Gasteiger partial charge on any atom is -0.395 e. The smallest absolute Gasteiger partial charge is 0.243 e. The van der Waals surface area contributed by atoms with E-state index >= 15 is 0 Å². The summed E-state index contributed by atoms with van der Waals surface area (Å²) in [4.78, 5) is 0.186. The second-order valence-electron chi connectivity index (χ2n) is 4.05. The molecule has 1 saturated heterocycles. The fourth-order valence-electron chi connectivity index (χ4n) is 2.07. The van der Waals surface area contributed by atoms with E-state index in [0.717, 1.165) is 6.42 Å². The molecule has 1 aromatic carbocycles. The maximum absolute atomic E-state index is 12.3. The van der Waals surface area contributed by atoms with Crippen LogP contribution >= 0.6 is 11.6 Å². The van der Waals surface area contributed by atoms with Gasteiger partial charge in [-0.2, -0.15) is 4.31 Å². The molecule has 0 saturated carbocycles. The average Bonchev–Trinajstić information content (AvgIpc) is 2.77. The lowest BCUT2D eigenvalue weighted by atomic mass is 10.2. The molecule has 1 aliphatic heterocycles. The highest BCUT2D eigenvalue weighted by atomic mass is 35.5. The number of rotatable bonds is 3. The third-order valence-electron chi connectivity index (χ3n) is 2.94. The second-order valence-corrected chi connectivity index (χ2v) is 6.38. The van der Waals surface area contributed by atoms with Gasteiger partial charge in [-0.3, -0.25) is 0 Å². The van der Waals surface area contributed by atoms with Crippen LogP contribution in [-0.4, -0.2) is 37.0 Å². The van der Waals surface area contributed by atoms with Gasteiger partial charge >= 0.3 is 0 Å². The molecule has 1 fully saturated rings. The molecule has 1 aromatic rings. The molecule has 6 heteroatoms. The minimum atomic E-state index is -3.53. The van der Waals surface area contributed by atoms with Gasteiger partial charge in [-0.25, -0.2) is 8.42 Å². The van der Waals surface area contributed by atoms with E-state index in [4.69, 9.17) is 16.7 Å². The van der Waals surface area contributed by atoms with Crippen molar-refractivity contribution in [1.29, 1.82) is 0 Å². The van der Waals surface area contributed by atoms with E-state index in [1.807, 2.05) is 0 Å². The topological polar surface area (TPSA) is 57.6 Å². The van der Waals surface area contributed by atoms with Gasteiger partial charge in [0.1, 0.15) is 0 Å². The Morgan fingerprint density at radius 2 is 2.24 bits per heavy atom. The van der Waals surface area contributed by atoms with Gasteiger partial charge in [0.2, 0.25) is 10.0 Å². The summed E-state index contributed by atoms with van der Waals surface area (Å²) < 4.78 is 26.0. The summed E-state index contributed by atoms with van der Waals surface area (Å²) in [5, 5.41) is 9.56. The quantitative estimate of drug-likeness (QED) is 0.909. The van der Waals surface area contributed by atoms with Crippen molar-refractivity contribution in [3.05, 3.63) is 29.3 Å². The molecule has 1 N–H and O–H groups in total. The first-order chi connectivity index (χ1) is 8.05. The van der Waals surface area contributed by atoms with Crippen molar-refractivity contribution >= 4 is 21.6 Å². The molecule has 0 bridgehead atoms. The number of sulfonamides is 1. The highest BCUT2D eigenvalue weighted by Gasteiger charge is 2.34. The van der Waals surface area contributed by atoms with Gasteiger partial charge in [0.05, 0.1) is 11.5 Å². The van der Waals surface area contributed by atoms with Crippen LogP contribution in [0.2, 0.25) is 5.02 Å². The molecule has 2 rings (SSSR count). The molecule has 1 heterocycles. The van der Waals surface area contributed by atoms with Gasteiger partial charge in [-0.1, -0.05) is 17.7 Å². The van der Waals surface area contributed by atoms with Crippen LogP contribution in [0.4, 0.5) is 0 Å². The predicted octanol–water partition coefficient (Wildman–Crippen LogP) is 1.49. The van der Waals surface area contributed by atoms with Crippen LogP contribution in [-0.2, 0) is 10.0 Å². The summed E-state index contributed by atoms with van der Waals surface area (Å²) in [6, 6.07) is 5.89. The number of aliphatic hydroxyl groups excluding tert-OH is 1. The molecule has 0 unspecified atom stereocenters. The van der Waals surface area contributed by atoms with Gasteiger partial charge in [-0.05, 0) is 31.0 Å². The highest BCUT2D eigenvalue weighted by molar-refractivity contribution is 7.89. The molecule has 1 atom stereocenters. The van der Waals surface area contributed by atoms with E-state index in [0.29, 0.717) is 18.0 Å². The summed E-state index contributed by atoms with van der Waals surface area (Å²) in [5.41, 5.74) is 0. The minimum absolute atomic E-state index is 0.139. The Morgan fingerprint density at radius 1 is 1.47 bits per heavy atom. The zero-order chi connectivity index (χ0) is 12.5. The lowest BCUT2D eigenvalue weighted by Crippen LogP contribution is -2.37. The Kier molecular flexibility index (Phi) is 3.73. The molecular weight excluding hydrogens is 262 g/mol. The third kappa shape index (κ3) is 2.47. The van der Waals surface area contributed by atoms with Crippen LogP contribution in [0.25, 0.3) is 0 Å². The zero-order valence-electron chi connectivity index (χ0n) is 9.21. The molecular formula is C11H14ClNO3S. The third-order valence-corrected chi connectivity index (χ3v) is 5.12. The van der Waals surface area contributed by atoms with Crippen molar-refractivity contribution < 1.29 is 13.5 Å². The van der Waals surface area contributed by atoms with Crippen LogP contribution in [0.1, 0.15) is 12.8 Å². The lowest BCUT2D eigenvalue weighted by Gasteiger charge is -2.22. The van der Waals surface area contributed by atoms with E-state index in [9.17, 15) is 8.42 Å². The average molecular weight is 276 g/mol. The largest absolute Gasteiger partial charge is 0.395 e. The fourth-order valence-corrected chi connectivity index (χ4v) is 4.06. The van der Waals surface area contributed by atoms with Crippen molar-refractivity contribution in [2.75, 3.05) is 13.2 Å². The Balaban J connectivity index is 2.36. The number of halogens is 1. The van der Waals surface area contributed by atoms with E-state index in [2.05, 4.69) is 0 Å². The summed E-state index contributed by atoms with van der Waals surface area (Å²) in [6.45, 7) is 0.319. The van der Waals surface area contributed by atoms with Crippen LogP contribution < -0.4 is 0 Å². The Labute approximate surface area is 106 Å². The molecule has 1 aliphatic rings.